The number of nitrogens with zero attached hydrogens (tertiary/aromatic N) is 7. The number of ether oxygens (including phenoxy) is 1. The molecule has 20 heteroatoms. The molecule has 2 aromatic rings. The molecule has 17 nitrogen and oxygen atoms in total. The highest BCUT2D eigenvalue weighted by Crippen LogP contribution is 2.41. The van der Waals surface area contributed by atoms with Crippen LogP contribution in [0.1, 0.15) is 12.6 Å². The zero-order valence-electron chi connectivity index (χ0n) is 20.8. The Balaban J connectivity index is 1.49. The number of carbonyl (C=O) groups is 5. The lowest BCUT2D eigenvalue weighted by atomic mass is 10.0. The Hall–Kier alpha value is -4.04. The maximum atomic E-state index is 13.2. The normalized spacial score (nSPS) is 18.5. The highest BCUT2D eigenvalue weighted by molar-refractivity contribution is 8.01. The lowest BCUT2D eigenvalue weighted by Crippen LogP contribution is -2.71. The van der Waals surface area contributed by atoms with Crippen LogP contribution >= 0.6 is 34.9 Å². The third-order valence-electron chi connectivity index (χ3n) is 5.28. The van der Waals surface area contributed by atoms with E-state index in [4.69, 9.17) is 9.57 Å². The minimum Gasteiger partial charge on any atom is -0.477 e. The molecule has 4 rings (SSSR count). The van der Waals surface area contributed by atoms with Crippen LogP contribution in [-0.2, 0) is 40.6 Å². The third-order valence-corrected chi connectivity index (χ3v) is 8.49. The van der Waals surface area contributed by atoms with Gasteiger partial charge in [-0.3, -0.25) is 19.3 Å². The van der Waals surface area contributed by atoms with Gasteiger partial charge in [-0.25, -0.2) is 19.3 Å². The number of oxime groups is 1. The van der Waals surface area contributed by atoms with Crippen molar-refractivity contribution in [3.05, 3.63) is 22.3 Å². The van der Waals surface area contributed by atoms with Crippen LogP contribution in [0.15, 0.2) is 27.0 Å². The van der Waals surface area contributed by atoms with E-state index in [1.807, 2.05) is 0 Å². The van der Waals surface area contributed by atoms with Gasteiger partial charge in [-0.2, -0.15) is 0 Å². The summed E-state index contributed by atoms with van der Waals surface area (Å²) in [6.07, 6.45) is 0.406. The lowest BCUT2D eigenvalue weighted by molar-refractivity contribution is -0.150. The van der Waals surface area contributed by atoms with Gasteiger partial charge >= 0.3 is 11.9 Å². The van der Waals surface area contributed by atoms with Gasteiger partial charge in [0.05, 0.1) is 6.61 Å². The topological polar surface area (TPSA) is 220 Å². The van der Waals surface area contributed by atoms with Crippen LogP contribution in [0.4, 0.5) is 5.13 Å². The van der Waals surface area contributed by atoms with Crippen molar-refractivity contribution >= 4 is 75.9 Å². The zero-order valence-corrected chi connectivity index (χ0v) is 23.2. The fourth-order valence-corrected chi connectivity index (χ4v) is 6.54. The molecule has 40 heavy (non-hydrogen) atoms. The Morgan fingerprint density at radius 1 is 1.38 bits per heavy atom. The molecule has 0 radical (unpaired) electrons. The quantitative estimate of drug-likeness (QED) is 0.0621. The number of thiazole rings is 1. The van der Waals surface area contributed by atoms with Crippen LogP contribution in [0, 0.1) is 0 Å². The number of hydrogen-bond donors (Lipinski definition) is 3. The summed E-state index contributed by atoms with van der Waals surface area (Å²) in [5.74, 6) is -2.94. The van der Waals surface area contributed by atoms with Crippen LogP contribution in [0.25, 0.3) is 0 Å². The van der Waals surface area contributed by atoms with Crippen LogP contribution < -0.4 is 10.6 Å². The average molecular weight is 612 g/mol. The van der Waals surface area contributed by atoms with Crippen molar-refractivity contribution in [2.45, 2.75) is 23.5 Å². The van der Waals surface area contributed by atoms with Gasteiger partial charge in [0.25, 0.3) is 11.8 Å². The molecule has 4 heterocycles. The molecule has 1 unspecified atom stereocenters. The van der Waals surface area contributed by atoms with Crippen LogP contribution in [0.2, 0.25) is 0 Å². The summed E-state index contributed by atoms with van der Waals surface area (Å²) in [6.45, 7) is 1.15. The zero-order chi connectivity index (χ0) is 28.8. The summed E-state index contributed by atoms with van der Waals surface area (Å²) >= 11 is 3.52. The Kier molecular flexibility index (Phi) is 9.32. The van der Waals surface area contributed by atoms with E-state index in [9.17, 15) is 29.1 Å². The second-order valence-corrected chi connectivity index (χ2v) is 10.7. The molecule has 1 saturated heterocycles. The molecule has 2 aromatic heterocycles. The number of tetrazole rings is 1. The molecule has 0 bridgehead atoms. The number of nitrogens with one attached hydrogen (secondary N) is 2. The maximum absolute atomic E-state index is 13.2. The minimum absolute atomic E-state index is 0.0133. The van der Waals surface area contributed by atoms with Crippen molar-refractivity contribution in [1.29, 1.82) is 0 Å². The molecule has 0 spiro atoms. The molecule has 2 aliphatic rings. The highest BCUT2D eigenvalue weighted by atomic mass is 32.2. The number of carboxylic acids is 1. The number of amides is 3. The predicted molar refractivity (Wildman–Crippen MR) is 140 cm³/mol. The second-order valence-electron chi connectivity index (χ2n) is 7.81. The number of aromatic nitrogens is 5. The second kappa shape index (κ2) is 12.9. The van der Waals surface area contributed by atoms with Gasteiger partial charge in [0.1, 0.15) is 22.8 Å². The molecular formula is C20H21N9O8S3. The Morgan fingerprint density at radius 3 is 2.85 bits per heavy atom. The smallest absolute Gasteiger partial charge is 0.352 e. The van der Waals surface area contributed by atoms with E-state index >= 15 is 0 Å². The average Bonchev–Trinajstić information content (AvgIpc) is 3.56. The maximum Gasteiger partial charge on any atom is 0.352 e. The predicted octanol–water partition coefficient (Wildman–Crippen LogP) is -0.950. The summed E-state index contributed by atoms with van der Waals surface area (Å²) < 4.78 is 6.20. The van der Waals surface area contributed by atoms with Gasteiger partial charge in [0.2, 0.25) is 18.2 Å². The number of anilines is 1. The number of esters is 1. The summed E-state index contributed by atoms with van der Waals surface area (Å²) in [7, 11) is 1.65. The molecule has 0 aromatic carbocycles. The Morgan fingerprint density at radius 2 is 2.17 bits per heavy atom. The summed E-state index contributed by atoms with van der Waals surface area (Å²) in [6, 6.07) is -1.06. The summed E-state index contributed by atoms with van der Waals surface area (Å²) in [5.41, 5.74) is -0.000875. The van der Waals surface area contributed by atoms with Crippen molar-refractivity contribution in [3.63, 3.8) is 0 Å². The third kappa shape index (κ3) is 6.23. The van der Waals surface area contributed by atoms with Gasteiger partial charge < -0.3 is 25.3 Å². The number of β-lactam (4-membered cyclic amide) rings is 1. The molecule has 1 fully saturated rings. The molecule has 3 N–H and O–H groups in total. The minimum atomic E-state index is -1.28. The fraction of sp³-hybridized carbons (Fsp3) is 0.400. The standard InChI is InChI=1S/C20H21N9O8S3/c1-3-36-11(31)4-37-25-12(10-7-39-19(22-10)21-8-30)15(32)23-13-16(33)29-14(18(34)35)9(5-38-17(13)29)6-40-20-24-26-27-28(20)2/h7-8,13,17H,3-6H2,1-2H3,(H,23,32)(H,34,35)(H,21,22,30)/b25-12-/t13?,17-/m1/s1. The van der Waals surface area contributed by atoms with Crippen molar-refractivity contribution in [1.82, 2.24) is 35.4 Å². The number of rotatable bonds is 13. The van der Waals surface area contributed by atoms with Crippen molar-refractivity contribution < 1.29 is 38.7 Å². The first-order valence-electron chi connectivity index (χ1n) is 11.3. The molecule has 0 aliphatic carbocycles. The molecule has 0 saturated carbocycles. The molecule has 2 aliphatic heterocycles. The number of hydrogen-bond acceptors (Lipinski definition) is 15. The lowest BCUT2D eigenvalue weighted by Gasteiger charge is -2.49. The highest BCUT2D eigenvalue weighted by Gasteiger charge is 2.54. The number of carbonyl (C=O) groups excluding carboxylic acids is 4. The monoisotopic (exact) mass is 611 g/mol. The van der Waals surface area contributed by atoms with Gasteiger partial charge in [-0.1, -0.05) is 16.9 Å². The first kappa shape index (κ1) is 29.0. The van der Waals surface area contributed by atoms with E-state index in [1.54, 1.807) is 14.0 Å². The number of aryl methyl sites for hydroxylation is 1. The first-order valence-corrected chi connectivity index (χ1v) is 14.2. The van der Waals surface area contributed by atoms with Crippen molar-refractivity contribution in [2.75, 3.05) is 30.0 Å². The molecular weight excluding hydrogens is 590 g/mol. The van der Waals surface area contributed by atoms with E-state index in [2.05, 4.69) is 36.3 Å². The fourth-order valence-electron chi connectivity index (χ4n) is 3.56. The molecule has 3 amide bonds. The van der Waals surface area contributed by atoms with E-state index in [1.165, 1.54) is 33.6 Å². The molecule has 212 valence electrons. The number of aliphatic carboxylic acids is 1. The van der Waals surface area contributed by atoms with E-state index in [0.717, 1.165) is 16.2 Å². The van der Waals surface area contributed by atoms with Crippen LogP contribution in [-0.4, -0.2) is 107 Å². The Labute approximate surface area is 237 Å². The van der Waals surface area contributed by atoms with Gasteiger partial charge in [-0.05, 0) is 22.9 Å². The van der Waals surface area contributed by atoms with E-state index in [-0.39, 0.29) is 40.3 Å². The number of carboxylic acid groups (broad SMARTS) is 1. The SMILES string of the molecule is CCOC(=O)CO/N=C(\C(=O)NC1C(=O)N2C(C(=O)O)=C(CSc3nnnn3C)CS[C@H]12)c1csc(NC=O)n1. The number of thioether (sulfide) groups is 2. The van der Waals surface area contributed by atoms with Crippen LogP contribution in [0.5, 0.6) is 0 Å². The Bertz CT molecular complexity index is 1390. The molecule has 2 atom stereocenters. The summed E-state index contributed by atoms with van der Waals surface area (Å²) in [4.78, 5) is 70.9. The van der Waals surface area contributed by atoms with E-state index in [0.29, 0.717) is 17.1 Å². The van der Waals surface area contributed by atoms with Gasteiger partial charge in [-0.15, -0.1) is 28.2 Å². The largest absolute Gasteiger partial charge is 0.477 e. The van der Waals surface area contributed by atoms with Crippen LogP contribution in [0.3, 0.4) is 0 Å². The van der Waals surface area contributed by atoms with Gasteiger partial charge in [0.15, 0.2) is 10.8 Å². The van der Waals surface area contributed by atoms with E-state index < -0.39 is 41.8 Å². The number of fused-ring (bicyclic) bond motifs is 1. The summed E-state index contributed by atoms with van der Waals surface area (Å²) in [5, 5.41) is 31.0. The first-order chi connectivity index (χ1) is 19.2. The van der Waals surface area contributed by atoms with Gasteiger partial charge in [0, 0.05) is 23.9 Å². The van der Waals surface area contributed by atoms with Crippen molar-refractivity contribution in [2.24, 2.45) is 12.2 Å². The van der Waals surface area contributed by atoms with Crippen molar-refractivity contribution in [3.8, 4) is 0 Å².